The molecule has 3 aromatic rings. The number of ether oxygens (including phenoxy) is 1. The van der Waals surface area contributed by atoms with Gasteiger partial charge in [-0.2, -0.15) is 0 Å². The molecular formula is C21H20F3N3O6S. The number of alkyl halides is 3. The highest BCUT2D eigenvalue weighted by molar-refractivity contribution is 7.88. The molecule has 182 valence electrons. The van der Waals surface area contributed by atoms with E-state index >= 15 is 0 Å². The molecule has 1 heterocycles. The van der Waals surface area contributed by atoms with Crippen molar-refractivity contribution in [3.05, 3.63) is 69.9 Å². The molecule has 34 heavy (non-hydrogen) atoms. The van der Waals surface area contributed by atoms with Crippen molar-refractivity contribution in [2.75, 3.05) is 12.8 Å². The van der Waals surface area contributed by atoms with E-state index in [0.717, 1.165) is 12.3 Å². The number of non-ortho nitro benzene ring substituents is 1. The standard InChI is InChI=1S/C21H20F3N3O6S/c1-34(31,32)25-10-5-11-26-13-16(15-7-4-8-17(20(15)26)27(29)30)18(28)12-14-6-2-3-9-19(14)33-21(22,23)24/h2-4,6-9,13,25H,5,10-12H2,1H3. The van der Waals surface area contributed by atoms with Gasteiger partial charge in [-0.05, 0) is 12.5 Å². The molecule has 0 radical (unpaired) electrons. The van der Waals surface area contributed by atoms with Crippen LogP contribution in [0.4, 0.5) is 18.9 Å². The number of hydrogen-bond acceptors (Lipinski definition) is 6. The number of hydrogen-bond donors (Lipinski definition) is 1. The van der Waals surface area contributed by atoms with E-state index in [9.17, 15) is 36.5 Å². The van der Waals surface area contributed by atoms with Crippen LogP contribution in [0.5, 0.6) is 5.75 Å². The number of nitrogens with one attached hydrogen (secondary N) is 1. The third-order valence-electron chi connectivity index (χ3n) is 4.86. The third-order valence-corrected chi connectivity index (χ3v) is 5.59. The van der Waals surface area contributed by atoms with Gasteiger partial charge in [-0.3, -0.25) is 14.9 Å². The summed E-state index contributed by atoms with van der Waals surface area (Å²) >= 11 is 0. The van der Waals surface area contributed by atoms with E-state index in [1.807, 2.05) is 0 Å². The Morgan fingerprint density at radius 3 is 2.53 bits per heavy atom. The molecule has 0 atom stereocenters. The summed E-state index contributed by atoms with van der Waals surface area (Å²) in [4.78, 5) is 24.1. The van der Waals surface area contributed by atoms with E-state index in [-0.39, 0.29) is 47.2 Å². The second kappa shape index (κ2) is 9.81. The summed E-state index contributed by atoms with van der Waals surface area (Å²) in [6.07, 6.45) is -2.69. The maximum atomic E-state index is 13.1. The van der Waals surface area contributed by atoms with Crippen LogP contribution < -0.4 is 9.46 Å². The monoisotopic (exact) mass is 499 g/mol. The van der Waals surface area contributed by atoms with Crippen molar-refractivity contribution in [1.29, 1.82) is 0 Å². The molecule has 0 aliphatic heterocycles. The number of nitro benzene ring substituents is 1. The number of carbonyl (C=O) groups is 1. The largest absolute Gasteiger partial charge is 0.573 e. The Morgan fingerprint density at radius 2 is 1.88 bits per heavy atom. The molecule has 0 amide bonds. The minimum atomic E-state index is -4.93. The van der Waals surface area contributed by atoms with Gasteiger partial charge in [0.15, 0.2) is 5.78 Å². The van der Waals surface area contributed by atoms with Gasteiger partial charge in [0.1, 0.15) is 11.3 Å². The van der Waals surface area contributed by atoms with Gasteiger partial charge in [0.25, 0.3) is 5.69 Å². The Morgan fingerprint density at radius 1 is 1.18 bits per heavy atom. The van der Waals surface area contributed by atoms with Crippen molar-refractivity contribution in [3.63, 3.8) is 0 Å². The first-order valence-electron chi connectivity index (χ1n) is 9.93. The van der Waals surface area contributed by atoms with Gasteiger partial charge >= 0.3 is 6.36 Å². The zero-order valence-corrected chi connectivity index (χ0v) is 18.6. The molecule has 3 rings (SSSR count). The lowest BCUT2D eigenvalue weighted by molar-refractivity contribution is -0.383. The predicted octanol–water partition coefficient (Wildman–Crippen LogP) is 3.81. The van der Waals surface area contributed by atoms with Crippen LogP contribution in [0.25, 0.3) is 10.9 Å². The molecule has 0 aliphatic carbocycles. The van der Waals surface area contributed by atoms with Gasteiger partial charge in [0.05, 0.1) is 11.2 Å². The first-order valence-corrected chi connectivity index (χ1v) is 11.8. The fourth-order valence-electron chi connectivity index (χ4n) is 3.54. The molecule has 2 aromatic carbocycles. The second-order valence-electron chi connectivity index (χ2n) is 7.44. The van der Waals surface area contributed by atoms with Crippen LogP contribution in [0.15, 0.2) is 48.7 Å². The zero-order valence-electron chi connectivity index (χ0n) is 17.8. The lowest BCUT2D eigenvalue weighted by Crippen LogP contribution is -2.23. The van der Waals surface area contributed by atoms with E-state index in [2.05, 4.69) is 9.46 Å². The molecular weight excluding hydrogens is 479 g/mol. The molecule has 0 unspecified atom stereocenters. The number of aromatic nitrogens is 1. The first-order chi connectivity index (χ1) is 15.9. The number of halogens is 3. The topological polar surface area (TPSA) is 121 Å². The third kappa shape index (κ3) is 6.32. The smallest absolute Gasteiger partial charge is 0.405 e. The van der Waals surface area contributed by atoms with Crippen molar-refractivity contribution >= 4 is 32.4 Å². The highest BCUT2D eigenvalue weighted by Gasteiger charge is 2.32. The highest BCUT2D eigenvalue weighted by Crippen LogP contribution is 2.32. The summed E-state index contributed by atoms with van der Waals surface area (Å²) in [6.45, 7) is 0.232. The first kappa shape index (κ1) is 25.2. The van der Waals surface area contributed by atoms with Crippen molar-refractivity contribution in [3.8, 4) is 5.75 Å². The quantitative estimate of drug-likeness (QED) is 0.196. The van der Waals surface area contributed by atoms with Gasteiger partial charge in [0.2, 0.25) is 10.0 Å². The maximum Gasteiger partial charge on any atom is 0.573 e. The molecule has 0 fully saturated rings. The molecule has 13 heteroatoms. The van der Waals surface area contributed by atoms with Crippen LogP contribution in [0, 0.1) is 10.1 Å². The van der Waals surface area contributed by atoms with Crippen LogP contribution in [-0.4, -0.2) is 42.9 Å². The van der Waals surface area contributed by atoms with Crippen molar-refractivity contribution in [1.82, 2.24) is 9.29 Å². The second-order valence-corrected chi connectivity index (χ2v) is 9.28. The van der Waals surface area contributed by atoms with Crippen LogP contribution in [-0.2, 0) is 23.0 Å². The van der Waals surface area contributed by atoms with Crippen molar-refractivity contribution in [2.45, 2.75) is 25.7 Å². The van der Waals surface area contributed by atoms with E-state index in [1.54, 1.807) is 0 Å². The Kier molecular flexibility index (Phi) is 7.26. The molecule has 0 bridgehead atoms. The number of para-hydroxylation sites is 2. The zero-order chi connectivity index (χ0) is 25.1. The van der Waals surface area contributed by atoms with E-state index < -0.39 is 39.3 Å². The Labute approximate surface area is 192 Å². The fraction of sp³-hybridized carbons (Fsp3) is 0.286. The number of sulfonamides is 1. The number of nitrogens with zero attached hydrogens (tertiary/aromatic N) is 2. The Hall–Kier alpha value is -3.45. The summed E-state index contributed by atoms with van der Waals surface area (Å²) < 4.78 is 68.4. The average molecular weight is 499 g/mol. The summed E-state index contributed by atoms with van der Waals surface area (Å²) in [5.41, 5.74) is 0.00792. The van der Waals surface area contributed by atoms with Gasteiger partial charge in [-0.1, -0.05) is 30.3 Å². The molecule has 0 aliphatic rings. The minimum absolute atomic E-state index is 0.00788. The van der Waals surface area contributed by atoms with Gasteiger partial charge in [-0.25, -0.2) is 13.1 Å². The molecule has 0 spiro atoms. The van der Waals surface area contributed by atoms with Gasteiger partial charge in [-0.15, -0.1) is 13.2 Å². The van der Waals surface area contributed by atoms with Crippen LogP contribution >= 0.6 is 0 Å². The van der Waals surface area contributed by atoms with Crippen molar-refractivity contribution in [2.24, 2.45) is 0 Å². The number of carbonyl (C=O) groups excluding carboxylic acids is 1. The summed E-state index contributed by atoms with van der Waals surface area (Å²) in [5.74, 6) is -1.07. The Balaban J connectivity index is 1.96. The molecule has 9 nitrogen and oxygen atoms in total. The van der Waals surface area contributed by atoms with E-state index in [0.29, 0.717) is 0 Å². The van der Waals surface area contributed by atoms with Crippen LogP contribution in [0.3, 0.4) is 0 Å². The van der Waals surface area contributed by atoms with Crippen LogP contribution in [0.2, 0.25) is 0 Å². The predicted molar refractivity (Wildman–Crippen MR) is 117 cm³/mol. The Bertz CT molecular complexity index is 1340. The normalized spacial score (nSPS) is 12.1. The number of aryl methyl sites for hydroxylation is 1. The van der Waals surface area contributed by atoms with Crippen LogP contribution in [0.1, 0.15) is 22.3 Å². The lowest BCUT2D eigenvalue weighted by atomic mass is 10.0. The number of fused-ring (bicyclic) bond motifs is 1. The minimum Gasteiger partial charge on any atom is -0.405 e. The van der Waals surface area contributed by atoms with Crippen molar-refractivity contribution < 1.29 is 36.0 Å². The van der Waals surface area contributed by atoms with Gasteiger partial charge in [0, 0.05) is 48.3 Å². The molecule has 0 saturated heterocycles. The highest BCUT2D eigenvalue weighted by atomic mass is 32.2. The van der Waals surface area contributed by atoms with Gasteiger partial charge < -0.3 is 9.30 Å². The maximum absolute atomic E-state index is 13.1. The summed E-state index contributed by atoms with van der Waals surface area (Å²) in [6, 6.07) is 9.43. The number of Topliss-reactive ketones (excluding diaryl/α,β-unsaturated/α-hetero) is 1. The fourth-order valence-corrected chi connectivity index (χ4v) is 4.05. The average Bonchev–Trinajstić information content (AvgIpc) is 3.10. The van der Waals surface area contributed by atoms with E-state index in [4.69, 9.17) is 0 Å². The molecule has 0 saturated carbocycles. The van der Waals surface area contributed by atoms with E-state index in [1.165, 1.54) is 47.2 Å². The summed E-state index contributed by atoms with van der Waals surface area (Å²) in [7, 11) is -3.42. The number of nitro groups is 1. The number of ketones is 1. The molecule has 1 N–H and O–H groups in total. The lowest BCUT2D eigenvalue weighted by Gasteiger charge is -2.12. The number of rotatable bonds is 10. The summed E-state index contributed by atoms with van der Waals surface area (Å²) in [5, 5.41) is 11.8. The molecule has 1 aromatic heterocycles. The number of benzene rings is 2. The SMILES string of the molecule is CS(=O)(=O)NCCCn1cc(C(=O)Cc2ccccc2OC(F)(F)F)c2cccc([N+](=O)[O-])c21.